The van der Waals surface area contributed by atoms with Gasteiger partial charge in [-0.3, -0.25) is 4.79 Å². The van der Waals surface area contributed by atoms with Gasteiger partial charge in [-0.2, -0.15) is 0 Å². The molecule has 3 rings (SSSR count). The van der Waals surface area contributed by atoms with E-state index in [2.05, 4.69) is 17.2 Å². The fourth-order valence-corrected chi connectivity index (χ4v) is 3.16. The minimum atomic E-state index is -0.576. The van der Waals surface area contributed by atoms with Crippen LogP contribution in [0.2, 0.25) is 0 Å². The van der Waals surface area contributed by atoms with Gasteiger partial charge in [-0.1, -0.05) is 44.0 Å². The summed E-state index contributed by atoms with van der Waals surface area (Å²) in [5.41, 5.74) is 0.944. The van der Waals surface area contributed by atoms with Crippen LogP contribution in [0.4, 0.5) is 0 Å². The van der Waals surface area contributed by atoms with Crippen LogP contribution in [0.1, 0.15) is 43.1 Å². The second-order valence-corrected chi connectivity index (χ2v) is 6.40. The van der Waals surface area contributed by atoms with E-state index in [0.29, 0.717) is 5.92 Å². The van der Waals surface area contributed by atoms with Gasteiger partial charge in [0.2, 0.25) is 0 Å². The summed E-state index contributed by atoms with van der Waals surface area (Å²) >= 11 is 0. The molecule has 1 aromatic heterocycles. The van der Waals surface area contributed by atoms with E-state index >= 15 is 0 Å². The van der Waals surface area contributed by atoms with Gasteiger partial charge in [0.05, 0.1) is 5.52 Å². The van der Waals surface area contributed by atoms with Gasteiger partial charge in [0.15, 0.2) is 6.61 Å². The monoisotopic (exact) mass is 326 g/mol. The molecule has 1 heterocycles. The van der Waals surface area contributed by atoms with Gasteiger partial charge < -0.3 is 10.1 Å². The van der Waals surface area contributed by atoms with Crippen LogP contribution in [0, 0.1) is 5.92 Å². The Labute approximate surface area is 141 Å². The number of carbonyl (C=O) groups excluding carboxylic acids is 2. The summed E-state index contributed by atoms with van der Waals surface area (Å²) in [6.45, 7) is 1.88. The largest absolute Gasteiger partial charge is 0.451 e. The lowest BCUT2D eigenvalue weighted by atomic mass is 9.86. The topological polar surface area (TPSA) is 68.3 Å². The number of hydrogen-bond acceptors (Lipinski definition) is 4. The molecule has 0 bridgehead atoms. The predicted octanol–water partition coefficient (Wildman–Crippen LogP) is 3.09. The van der Waals surface area contributed by atoms with Gasteiger partial charge in [-0.05, 0) is 30.9 Å². The average Bonchev–Trinajstić information content (AvgIpc) is 2.61. The first kappa shape index (κ1) is 16.4. The van der Waals surface area contributed by atoms with Crippen LogP contribution < -0.4 is 5.32 Å². The van der Waals surface area contributed by atoms with Crippen molar-refractivity contribution in [3.63, 3.8) is 0 Å². The maximum absolute atomic E-state index is 12.1. The SMILES string of the molecule is C[C@H]1CCCC[C@H]1NC(=O)COC(=O)c1ccc2ccccc2n1. The van der Waals surface area contributed by atoms with Crippen molar-refractivity contribution in [1.29, 1.82) is 0 Å². The van der Waals surface area contributed by atoms with Gasteiger partial charge in [0.25, 0.3) is 5.91 Å². The Balaban J connectivity index is 1.55. The first-order valence-electron chi connectivity index (χ1n) is 8.46. The van der Waals surface area contributed by atoms with Gasteiger partial charge >= 0.3 is 5.97 Å². The van der Waals surface area contributed by atoms with E-state index in [-0.39, 0.29) is 24.2 Å². The summed E-state index contributed by atoms with van der Waals surface area (Å²) in [4.78, 5) is 28.4. The second kappa shape index (κ2) is 7.43. The lowest BCUT2D eigenvalue weighted by Crippen LogP contribution is -2.42. The molecule has 2 aromatic rings. The number of pyridine rings is 1. The standard InChI is InChI=1S/C19H22N2O3/c1-13-6-2-4-8-15(13)21-18(22)12-24-19(23)17-11-10-14-7-3-5-9-16(14)20-17/h3,5,7,9-11,13,15H,2,4,6,8,12H2,1H3,(H,21,22)/t13-,15+/m0/s1. The Morgan fingerprint density at radius 3 is 2.79 bits per heavy atom. The third-order valence-electron chi connectivity index (χ3n) is 4.60. The van der Waals surface area contributed by atoms with Crippen LogP contribution in [-0.2, 0) is 9.53 Å². The molecule has 0 radical (unpaired) electrons. The molecule has 5 heteroatoms. The predicted molar refractivity (Wildman–Crippen MR) is 91.6 cm³/mol. The number of nitrogens with one attached hydrogen (secondary N) is 1. The zero-order chi connectivity index (χ0) is 16.9. The maximum Gasteiger partial charge on any atom is 0.357 e. The average molecular weight is 326 g/mol. The van der Waals surface area contributed by atoms with Crippen molar-refractivity contribution in [2.45, 2.75) is 38.6 Å². The van der Waals surface area contributed by atoms with Crippen molar-refractivity contribution < 1.29 is 14.3 Å². The Kier molecular flexibility index (Phi) is 5.08. The van der Waals surface area contributed by atoms with E-state index in [1.807, 2.05) is 30.3 Å². The van der Waals surface area contributed by atoms with E-state index < -0.39 is 5.97 Å². The molecule has 1 aliphatic rings. The van der Waals surface area contributed by atoms with Gasteiger partial charge in [0.1, 0.15) is 5.69 Å². The van der Waals surface area contributed by atoms with Gasteiger partial charge in [0, 0.05) is 11.4 Å². The first-order chi connectivity index (χ1) is 11.6. The number of esters is 1. The molecule has 1 aromatic carbocycles. The van der Waals surface area contributed by atoms with Gasteiger partial charge in [-0.15, -0.1) is 0 Å². The zero-order valence-electron chi connectivity index (χ0n) is 13.8. The molecule has 1 saturated carbocycles. The van der Waals surface area contributed by atoms with Crippen molar-refractivity contribution >= 4 is 22.8 Å². The Bertz CT molecular complexity index is 744. The minimum absolute atomic E-state index is 0.184. The number of carbonyl (C=O) groups is 2. The van der Waals surface area contributed by atoms with Crippen molar-refractivity contribution in [1.82, 2.24) is 10.3 Å². The molecule has 1 fully saturated rings. The maximum atomic E-state index is 12.1. The van der Waals surface area contributed by atoms with E-state index in [9.17, 15) is 9.59 Å². The van der Waals surface area contributed by atoms with Crippen LogP contribution >= 0.6 is 0 Å². The number of para-hydroxylation sites is 1. The molecule has 126 valence electrons. The fourth-order valence-electron chi connectivity index (χ4n) is 3.16. The van der Waals surface area contributed by atoms with Crippen molar-refractivity contribution in [2.75, 3.05) is 6.61 Å². The number of nitrogens with zero attached hydrogens (tertiary/aromatic N) is 1. The van der Waals surface area contributed by atoms with Crippen LogP contribution in [0.5, 0.6) is 0 Å². The number of hydrogen-bond donors (Lipinski definition) is 1. The molecule has 1 aliphatic carbocycles. The molecule has 24 heavy (non-hydrogen) atoms. The molecule has 5 nitrogen and oxygen atoms in total. The molecular formula is C19H22N2O3. The van der Waals surface area contributed by atoms with Crippen molar-refractivity contribution in [3.8, 4) is 0 Å². The van der Waals surface area contributed by atoms with E-state index in [4.69, 9.17) is 4.74 Å². The summed E-state index contributed by atoms with van der Waals surface area (Å²) in [5.74, 6) is -0.351. The number of rotatable bonds is 4. The summed E-state index contributed by atoms with van der Waals surface area (Å²) in [7, 11) is 0. The van der Waals surface area contributed by atoms with Crippen LogP contribution in [0.15, 0.2) is 36.4 Å². The number of amides is 1. The lowest BCUT2D eigenvalue weighted by Gasteiger charge is -2.29. The first-order valence-corrected chi connectivity index (χ1v) is 8.46. The number of aromatic nitrogens is 1. The lowest BCUT2D eigenvalue weighted by molar-refractivity contribution is -0.125. The molecule has 0 unspecified atom stereocenters. The quantitative estimate of drug-likeness (QED) is 0.877. The van der Waals surface area contributed by atoms with Crippen LogP contribution in [0.3, 0.4) is 0 Å². The summed E-state index contributed by atoms with van der Waals surface area (Å²) < 4.78 is 5.10. The second-order valence-electron chi connectivity index (χ2n) is 6.40. The fraction of sp³-hybridized carbons (Fsp3) is 0.421. The summed E-state index contributed by atoms with van der Waals surface area (Å²) in [6, 6.07) is 11.2. The molecule has 0 aliphatic heterocycles. The molecule has 0 saturated heterocycles. The molecule has 0 spiro atoms. The van der Waals surface area contributed by atoms with Crippen LogP contribution in [-0.4, -0.2) is 29.5 Å². The van der Waals surface area contributed by atoms with Gasteiger partial charge in [-0.25, -0.2) is 9.78 Å². The highest BCUT2D eigenvalue weighted by molar-refractivity contribution is 5.92. The van der Waals surface area contributed by atoms with Crippen molar-refractivity contribution in [3.05, 3.63) is 42.1 Å². The van der Waals surface area contributed by atoms with Crippen LogP contribution in [0.25, 0.3) is 10.9 Å². The third kappa shape index (κ3) is 3.91. The Morgan fingerprint density at radius 2 is 1.96 bits per heavy atom. The molecule has 2 atom stereocenters. The van der Waals surface area contributed by atoms with E-state index in [1.165, 1.54) is 6.42 Å². The number of benzene rings is 1. The number of ether oxygens (including phenoxy) is 1. The van der Waals surface area contributed by atoms with E-state index in [0.717, 1.165) is 30.2 Å². The highest BCUT2D eigenvalue weighted by atomic mass is 16.5. The molecule has 1 N–H and O–H groups in total. The van der Waals surface area contributed by atoms with E-state index in [1.54, 1.807) is 6.07 Å². The minimum Gasteiger partial charge on any atom is -0.451 e. The highest BCUT2D eigenvalue weighted by Crippen LogP contribution is 2.23. The zero-order valence-corrected chi connectivity index (χ0v) is 13.8. The summed E-state index contributed by atoms with van der Waals surface area (Å²) in [5, 5.41) is 3.93. The van der Waals surface area contributed by atoms with Crippen molar-refractivity contribution in [2.24, 2.45) is 5.92 Å². The third-order valence-corrected chi connectivity index (χ3v) is 4.60. The Morgan fingerprint density at radius 1 is 1.17 bits per heavy atom. The summed E-state index contributed by atoms with van der Waals surface area (Å²) in [6.07, 6.45) is 4.48. The molecular weight excluding hydrogens is 304 g/mol. The normalized spacial score (nSPS) is 20.5. The number of fused-ring (bicyclic) bond motifs is 1. The Hall–Kier alpha value is -2.43. The smallest absolute Gasteiger partial charge is 0.357 e. The molecule has 1 amide bonds. The highest BCUT2D eigenvalue weighted by Gasteiger charge is 2.23.